The molecule has 0 fully saturated rings. The number of hydrogen-bond acceptors (Lipinski definition) is 2. The third-order valence-corrected chi connectivity index (χ3v) is 12.1. The van der Waals surface area contributed by atoms with Crippen LogP contribution in [0.4, 0.5) is 17.1 Å². The fourth-order valence-corrected chi connectivity index (χ4v) is 9.11. The van der Waals surface area contributed by atoms with Crippen molar-refractivity contribution >= 4 is 27.8 Å². The molecule has 9 aromatic carbocycles. The molecule has 270 valence electrons. The van der Waals surface area contributed by atoms with Gasteiger partial charge >= 0.3 is 0 Å². The quantitative estimate of drug-likeness (QED) is 0.175. The summed E-state index contributed by atoms with van der Waals surface area (Å²) in [6.07, 6.45) is 0. The van der Waals surface area contributed by atoms with Crippen molar-refractivity contribution in [1.29, 1.82) is 0 Å². The van der Waals surface area contributed by atoms with Gasteiger partial charge in [0.2, 0.25) is 0 Å². The van der Waals surface area contributed by atoms with Crippen LogP contribution in [0.3, 0.4) is 0 Å². The van der Waals surface area contributed by atoms with Gasteiger partial charge in [0.1, 0.15) is 11.5 Å². The van der Waals surface area contributed by atoms with Gasteiger partial charge in [0.15, 0.2) is 0 Å². The zero-order valence-electron chi connectivity index (χ0n) is 31.9. The Morgan fingerprint density at radius 3 is 1.65 bits per heavy atom. The van der Waals surface area contributed by atoms with E-state index < -0.39 is 0 Å². The van der Waals surface area contributed by atoms with E-state index in [0.717, 1.165) is 56.2 Å². The number of benzene rings is 9. The van der Waals surface area contributed by atoms with Crippen LogP contribution in [0.1, 0.15) is 25.0 Å². The fraction of sp³-hybridized carbons (Fsp3) is 0.0545. The SMILES string of the molecule is CC1(C)c2ccccc2-c2ccc(N(c3ccc(-c4ccccc4)cc3)c3ccc4c(c3)-c3cc(-c5ccccc5)ccc3-c3cc5ccccc5cc3O4)cc21. The lowest BCUT2D eigenvalue weighted by molar-refractivity contribution is 0.488. The summed E-state index contributed by atoms with van der Waals surface area (Å²) in [4.78, 5) is 2.40. The van der Waals surface area contributed by atoms with Crippen molar-refractivity contribution in [2.24, 2.45) is 0 Å². The number of anilines is 3. The molecular weight excluding hydrogens is 691 g/mol. The highest BCUT2D eigenvalue weighted by molar-refractivity contribution is 5.99. The Hall–Kier alpha value is -7.16. The Balaban J connectivity index is 1.12. The lowest BCUT2D eigenvalue weighted by atomic mass is 9.82. The van der Waals surface area contributed by atoms with E-state index in [1.165, 1.54) is 49.9 Å². The van der Waals surface area contributed by atoms with Gasteiger partial charge in [-0.1, -0.05) is 153 Å². The molecule has 9 aromatic rings. The average molecular weight is 730 g/mol. The minimum absolute atomic E-state index is 0.130. The Labute approximate surface area is 333 Å². The van der Waals surface area contributed by atoms with E-state index in [-0.39, 0.29) is 5.41 Å². The highest BCUT2D eigenvalue weighted by Gasteiger charge is 2.36. The molecule has 0 radical (unpaired) electrons. The van der Waals surface area contributed by atoms with Gasteiger partial charge in [0.25, 0.3) is 0 Å². The van der Waals surface area contributed by atoms with Crippen LogP contribution >= 0.6 is 0 Å². The van der Waals surface area contributed by atoms with E-state index >= 15 is 0 Å². The zero-order valence-corrected chi connectivity index (χ0v) is 31.9. The molecule has 0 bridgehead atoms. The van der Waals surface area contributed by atoms with Crippen LogP contribution in [-0.2, 0) is 5.41 Å². The average Bonchev–Trinajstić information content (AvgIpc) is 3.41. The standard InChI is InChI=1S/C55H39NO/c1-55(2)51-20-12-11-19-46(51)47-29-26-44(35-52(47)55)56(42-24-21-38(22-25-42)36-13-5-3-6-14-36)43-27-30-53-50(34-43)48-31-41(37-15-7-4-8-16-37)23-28-45(48)49-32-39-17-9-10-18-40(39)33-54(49)57-53/h3-35H,1-2H3. The van der Waals surface area contributed by atoms with Gasteiger partial charge in [0, 0.05) is 33.6 Å². The first kappa shape index (κ1) is 33.2. The molecule has 1 aliphatic heterocycles. The summed E-state index contributed by atoms with van der Waals surface area (Å²) < 4.78 is 6.95. The molecule has 0 saturated carbocycles. The van der Waals surface area contributed by atoms with Gasteiger partial charge in [-0.3, -0.25) is 0 Å². The maximum absolute atomic E-state index is 6.95. The van der Waals surface area contributed by atoms with Crippen LogP contribution in [0, 0.1) is 0 Å². The van der Waals surface area contributed by atoms with Gasteiger partial charge in [-0.25, -0.2) is 0 Å². The molecule has 2 heteroatoms. The summed E-state index contributed by atoms with van der Waals surface area (Å²) in [6.45, 7) is 4.70. The van der Waals surface area contributed by atoms with Crippen LogP contribution in [0.2, 0.25) is 0 Å². The van der Waals surface area contributed by atoms with Crippen LogP contribution in [0.25, 0.3) is 66.4 Å². The number of nitrogens with zero attached hydrogens (tertiary/aromatic N) is 1. The zero-order chi connectivity index (χ0) is 38.1. The second kappa shape index (κ2) is 13.0. The Kier molecular flexibility index (Phi) is 7.55. The van der Waals surface area contributed by atoms with Crippen molar-refractivity contribution in [3.05, 3.63) is 211 Å². The first-order valence-corrected chi connectivity index (χ1v) is 19.7. The van der Waals surface area contributed by atoms with Gasteiger partial charge in [-0.2, -0.15) is 0 Å². The predicted octanol–water partition coefficient (Wildman–Crippen LogP) is 15.4. The van der Waals surface area contributed by atoms with Gasteiger partial charge in [0.05, 0.1) is 0 Å². The van der Waals surface area contributed by atoms with E-state index in [4.69, 9.17) is 4.74 Å². The molecule has 0 saturated heterocycles. The molecule has 0 spiro atoms. The molecule has 2 aliphatic rings. The fourth-order valence-electron chi connectivity index (χ4n) is 9.11. The largest absolute Gasteiger partial charge is 0.456 e. The summed E-state index contributed by atoms with van der Waals surface area (Å²) in [5, 5.41) is 2.35. The number of hydrogen-bond donors (Lipinski definition) is 0. The van der Waals surface area contributed by atoms with Crippen molar-refractivity contribution in [1.82, 2.24) is 0 Å². The van der Waals surface area contributed by atoms with Crippen molar-refractivity contribution in [2.45, 2.75) is 19.3 Å². The van der Waals surface area contributed by atoms with Gasteiger partial charge in [-0.15, -0.1) is 0 Å². The van der Waals surface area contributed by atoms with E-state index in [9.17, 15) is 0 Å². The van der Waals surface area contributed by atoms with E-state index in [1.807, 2.05) is 0 Å². The second-order valence-electron chi connectivity index (χ2n) is 15.8. The molecule has 1 aliphatic carbocycles. The maximum atomic E-state index is 6.95. The first-order chi connectivity index (χ1) is 28.0. The second-order valence-corrected chi connectivity index (χ2v) is 15.8. The molecule has 57 heavy (non-hydrogen) atoms. The molecule has 0 atom stereocenters. The van der Waals surface area contributed by atoms with E-state index in [0.29, 0.717) is 0 Å². The Morgan fingerprint density at radius 1 is 0.333 bits per heavy atom. The predicted molar refractivity (Wildman–Crippen MR) is 238 cm³/mol. The summed E-state index contributed by atoms with van der Waals surface area (Å²) in [6, 6.07) is 72.6. The molecule has 11 rings (SSSR count). The van der Waals surface area contributed by atoms with Crippen LogP contribution in [0.5, 0.6) is 11.5 Å². The lowest BCUT2D eigenvalue weighted by Gasteiger charge is -2.29. The van der Waals surface area contributed by atoms with Crippen molar-refractivity contribution in [2.75, 3.05) is 4.90 Å². The number of ether oxygens (including phenoxy) is 1. The minimum Gasteiger partial charge on any atom is -0.456 e. The highest BCUT2D eigenvalue weighted by atomic mass is 16.5. The summed E-state index contributed by atoms with van der Waals surface area (Å²) >= 11 is 0. The molecule has 0 amide bonds. The van der Waals surface area contributed by atoms with Crippen molar-refractivity contribution in [3.8, 4) is 67.1 Å². The van der Waals surface area contributed by atoms with Gasteiger partial charge in [-0.05, 0) is 127 Å². The molecule has 0 N–H and O–H groups in total. The molecular formula is C55H39NO. The highest BCUT2D eigenvalue weighted by Crippen LogP contribution is 2.53. The van der Waals surface area contributed by atoms with Crippen LogP contribution in [0.15, 0.2) is 200 Å². The third-order valence-electron chi connectivity index (χ3n) is 12.1. The first-order valence-electron chi connectivity index (χ1n) is 19.7. The lowest BCUT2D eigenvalue weighted by Crippen LogP contribution is -2.16. The number of fused-ring (bicyclic) bond motifs is 9. The van der Waals surface area contributed by atoms with Crippen LogP contribution in [-0.4, -0.2) is 0 Å². The van der Waals surface area contributed by atoms with Crippen molar-refractivity contribution in [3.63, 3.8) is 0 Å². The summed E-state index contributed by atoms with van der Waals surface area (Å²) in [5.74, 6) is 1.70. The topological polar surface area (TPSA) is 12.5 Å². The Morgan fingerprint density at radius 2 is 0.877 bits per heavy atom. The Bertz CT molecular complexity index is 3000. The smallest absolute Gasteiger partial charge is 0.135 e. The van der Waals surface area contributed by atoms with Crippen LogP contribution < -0.4 is 9.64 Å². The van der Waals surface area contributed by atoms with E-state index in [2.05, 4.69) is 219 Å². The van der Waals surface area contributed by atoms with Crippen molar-refractivity contribution < 1.29 is 4.74 Å². The molecule has 2 nitrogen and oxygen atoms in total. The monoisotopic (exact) mass is 729 g/mol. The maximum Gasteiger partial charge on any atom is 0.135 e. The third kappa shape index (κ3) is 5.48. The molecule has 0 aromatic heterocycles. The summed E-state index contributed by atoms with van der Waals surface area (Å²) in [7, 11) is 0. The molecule has 1 heterocycles. The van der Waals surface area contributed by atoms with Gasteiger partial charge < -0.3 is 9.64 Å². The molecule has 0 unspecified atom stereocenters. The normalized spacial score (nSPS) is 13.0. The van der Waals surface area contributed by atoms with E-state index in [1.54, 1.807) is 0 Å². The minimum atomic E-state index is -0.130. The summed E-state index contributed by atoms with van der Waals surface area (Å²) in [5.41, 5.74) is 17.7. The number of rotatable bonds is 5.